The Kier molecular flexibility index (Phi) is 2.96. The number of fused-ring (bicyclic) bond motifs is 1. The van der Waals surface area contributed by atoms with Gasteiger partial charge in [-0.05, 0) is 23.8 Å². The molecule has 0 aromatic heterocycles. The number of alkyl halides is 3. The molecule has 2 aliphatic rings. The number of hydrogen-bond donors (Lipinski definition) is 2. The lowest BCUT2D eigenvalue weighted by atomic mass is 9.83. The van der Waals surface area contributed by atoms with E-state index in [0.717, 1.165) is 6.07 Å². The molecule has 1 unspecified atom stereocenters. The van der Waals surface area contributed by atoms with Gasteiger partial charge < -0.3 is 10.4 Å². The highest BCUT2D eigenvalue weighted by molar-refractivity contribution is 6.09. The van der Waals surface area contributed by atoms with Crippen LogP contribution in [0.3, 0.4) is 0 Å². The molecule has 124 valence electrons. The van der Waals surface area contributed by atoms with E-state index in [9.17, 15) is 23.1 Å². The van der Waals surface area contributed by atoms with E-state index in [1.165, 1.54) is 18.2 Å². The molecule has 2 aromatic rings. The molecule has 7 heteroatoms. The van der Waals surface area contributed by atoms with Crippen LogP contribution < -0.4 is 5.32 Å². The van der Waals surface area contributed by atoms with Crippen LogP contribution in [-0.4, -0.2) is 29.0 Å². The quantitative estimate of drug-likeness (QED) is 0.831. The number of amides is 1. The van der Waals surface area contributed by atoms with Crippen LogP contribution in [0.1, 0.15) is 16.7 Å². The van der Waals surface area contributed by atoms with Crippen LogP contribution in [0.5, 0.6) is 5.75 Å². The van der Waals surface area contributed by atoms with E-state index in [2.05, 4.69) is 5.32 Å². The van der Waals surface area contributed by atoms with Crippen molar-refractivity contribution in [2.45, 2.75) is 11.7 Å². The summed E-state index contributed by atoms with van der Waals surface area (Å²) >= 11 is 0. The molecule has 0 saturated carbocycles. The minimum absolute atomic E-state index is 0.0300. The number of rotatable bonds is 2. The number of nitrogens with one attached hydrogen (secondary N) is 1. The fraction of sp³-hybridized carbons (Fsp3) is 0.235. The van der Waals surface area contributed by atoms with Gasteiger partial charge >= 0.3 is 6.18 Å². The Morgan fingerprint density at radius 2 is 1.75 bits per heavy atom. The van der Waals surface area contributed by atoms with E-state index < -0.39 is 23.2 Å². The molecule has 0 aliphatic carbocycles. The third-order valence-electron chi connectivity index (χ3n) is 4.53. The molecule has 1 atom stereocenters. The predicted octanol–water partition coefficient (Wildman–Crippen LogP) is 2.92. The van der Waals surface area contributed by atoms with Crippen LogP contribution in [0, 0.1) is 0 Å². The smallest absolute Gasteiger partial charge is 0.418 e. The van der Waals surface area contributed by atoms with Gasteiger partial charge in [-0.3, -0.25) is 9.69 Å². The van der Waals surface area contributed by atoms with Gasteiger partial charge in [0.15, 0.2) is 5.54 Å². The lowest BCUT2D eigenvalue weighted by molar-refractivity contribution is -0.136. The molecule has 1 saturated heterocycles. The van der Waals surface area contributed by atoms with Gasteiger partial charge in [0.1, 0.15) is 5.75 Å². The molecule has 2 heterocycles. The summed E-state index contributed by atoms with van der Waals surface area (Å²) in [6, 6.07) is 9.84. The van der Waals surface area contributed by atoms with Crippen LogP contribution in [0.15, 0.2) is 42.5 Å². The van der Waals surface area contributed by atoms with Crippen molar-refractivity contribution in [2.75, 3.05) is 18.4 Å². The largest absolute Gasteiger partial charge is 0.508 e. The zero-order valence-electron chi connectivity index (χ0n) is 12.4. The summed E-state index contributed by atoms with van der Waals surface area (Å²) < 4.78 is 39.9. The number of anilines is 1. The van der Waals surface area contributed by atoms with Gasteiger partial charge in [0.2, 0.25) is 0 Å². The zero-order chi connectivity index (χ0) is 17.1. The average molecular weight is 334 g/mol. The highest BCUT2D eigenvalue weighted by Gasteiger charge is 2.57. The van der Waals surface area contributed by atoms with Gasteiger partial charge in [-0.25, -0.2) is 0 Å². The van der Waals surface area contributed by atoms with Crippen molar-refractivity contribution in [3.05, 3.63) is 59.2 Å². The fourth-order valence-corrected chi connectivity index (χ4v) is 3.42. The van der Waals surface area contributed by atoms with Gasteiger partial charge in [0, 0.05) is 18.7 Å². The lowest BCUT2D eigenvalue weighted by Crippen LogP contribution is -2.43. The Bertz CT molecular complexity index is 829. The van der Waals surface area contributed by atoms with Gasteiger partial charge in [-0.15, -0.1) is 0 Å². The van der Waals surface area contributed by atoms with E-state index in [-0.39, 0.29) is 11.4 Å². The van der Waals surface area contributed by atoms with Gasteiger partial charge in [-0.1, -0.05) is 24.3 Å². The number of halogens is 3. The second kappa shape index (κ2) is 4.73. The molecule has 2 aromatic carbocycles. The first-order valence-corrected chi connectivity index (χ1v) is 7.42. The molecule has 4 nitrogen and oxygen atoms in total. The van der Waals surface area contributed by atoms with Gasteiger partial charge in [0.05, 0.1) is 11.3 Å². The molecule has 0 radical (unpaired) electrons. The first-order valence-electron chi connectivity index (χ1n) is 7.42. The number of carbonyl (C=O) groups excluding carboxylic acids is 1. The maximum absolute atomic E-state index is 13.3. The van der Waals surface area contributed by atoms with Crippen molar-refractivity contribution in [1.82, 2.24) is 4.90 Å². The Morgan fingerprint density at radius 1 is 1.08 bits per heavy atom. The first-order chi connectivity index (χ1) is 11.3. The van der Waals surface area contributed by atoms with Crippen molar-refractivity contribution in [3.8, 4) is 5.75 Å². The van der Waals surface area contributed by atoms with Crippen molar-refractivity contribution in [1.29, 1.82) is 0 Å². The third-order valence-corrected chi connectivity index (χ3v) is 4.53. The van der Waals surface area contributed by atoms with Gasteiger partial charge in [0.25, 0.3) is 5.91 Å². The number of nitrogens with zero attached hydrogens (tertiary/aromatic N) is 1. The number of benzene rings is 2. The minimum atomic E-state index is -4.55. The summed E-state index contributed by atoms with van der Waals surface area (Å²) in [6.07, 6.45) is -4.55. The number of hydrogen-bond acceptors (Lipinski definition) is 3. The fourth-order valence-electron chi connectivity index (χ4n) is 3.42. The Hall–Kier alpha value is -2.54. The van der Waals surface area contributed by atoms with Gasteiger partial charge in [-0.2, -0.15) is 13.2 Å². The molecular formula is C17H13F3N2O2. The van der Waals surface area contributed by atoms with Crippen LogP contribution in [0.2, 0.25) is 0 Å². The monoisotopic (exact) mass is 334 g/mol. The molecule has 24 heavy (non-hydrogen) atoms. The highest BCUT2D eigenvalue weighted by atomic mass is 19.4. The summed E-state index contributed by atoms with van der Waals surface area (Å²) in [5.74, 6) is -0.472. The average Bonchev–Trinajstić information content (AvgIpc) is 3.31. The molecule has 2 aliphatic heterocycles. The van der Waals surface area contributed by atoms with Crippen molar-refractivity contribution in [3.63, 3.8) is 0 Å². The normalized spacial score (nSPS) is 23.0. The lowest BCUT2D eigenvalue weighted by Gasteiger charge is -2.30. The number of phenols is 1. The minimum Gasteiger partial charge on any atom is -0.508 e. The molecular weight excluding hydrogens is 321 g/mol. The summed E-state index contributed by atoms with van der Waals surface area (Å²) in [6.45, 7) is 1.23. The second-order valence-corrected chi connectivity index (χ2v) is 5.92. The number of phenolic OH excluding ortho intramolecular Hbond substituents is 1. The third kappa shape index (κ3) is 1.94. The molecule has 2 N–H and O–H groups in total. The van der Waals surface area contributed by atoms with Crippen LogP contribution in [0.4, 0.5) is 18.9 Å². The van der Waals surface area contributed by atoms with E-state index in [4.69, 9.17) is 0 Å². The number of para-hydroxylation sites is 1. The Morgan fingerprint density at radius 3 is 2.33 bits per heavy atom. The van der Waals surface area contributed by atoms with Crippen molar-refractivity contribution >= 4 is 11.6 Å². The van der Waals surface area contributed by atoms with Crippen LogP contribution in [-0.2, 0) is 16.5 Å². The SMILES string of the molecule is O=C1Nc2c(C(F)(F)F)cccc2C1(c1ccc(O)cc1)N1CC1. The van der Waals surface area contributed by atoms with E-state index in [1.54, 1.807) is 18.2 Å². The molecule has 0 spiro atoms. The zero-order valence-corrected chi connectivity index (χ0v) is 12.4. The molecule has 4 rings (SSSR count). The van der Waals surface area contributed by atoms with Crippen LogP contribution >= 0.6 is 0 Å². The molecule has 0 bridgehead atoms. The van der Waals surface area contributed by atoms with E-state index >= 15 is 0 Å². The number of carbonyl (C=O) groups is 1. The van der Waals surface area contributed by atoms with Crippen LogP contribution in [0.25, 0.3) is 0 Å². The maximum atomic E-state index is 13.3. The molecule has 1 fully saturated rings. The summed E-state index contributed by atoms with van der Waals surface area (Å²) in [7, 11) is 0. The van der Waals surface area contributed by atoms with Crippen molar-refractivity contribution < 1.29 is 23.1 Å². The first kappa shape index (κ1) is 15.0. The topological polar surface area (TPSA) is 52.3 Å². The summed E-state index contributed by atoms with van der Waals surface area (Å²) in [5, 5.41) is 11.9. The summed E-state index contributed by atoms with van der Waals surface area (Å²) in [4.78, 5) is 14.6. The summed E-state index contributed by atoms with van der Waals surface area (Å²) in [5.41, 5.74) is -1.49. The van der Waals surface area contributed by atoms with Crippen molar-refractivity contribution in [2.24, 2.45) is 0 Å². The number of aromatic hydroxyl groups is 1. The Labute approximate surface area is 135 Å². The van der Waals surface area contributed by atoms with E-state index in [0.29, 0.717) is 24.2 Å². The standard InChI is InChI=1S/C17H13F3N2O2/c18-17(19,20)13-3-1-2-12-14(13)21-15(24)16(12,22-8-9-22)10-4-6-11(23)7-5-10/h1-7,23H,8-9H2,(H,21,24). The maximum Gasteiger partial charge on any atom is 0.418 e. The Balaban J connectivity index is 1.98. The predicted molar refractivity (Wildman–Crippen MR) is 80.5 cm³/mol. The second-order valence-electron chi connectivity index (χ2n) is 5.92. The molecule has 1 amide bonds. The highest BCUT2D eigenvalue weighted by Crippen LogP contribution is 2.51. The van der Waals surface area contributed by atoms with E-state index in [1.807, 2.05) is 4.90 Å².